The number of carbonyl (C=O) groups is 4. The molecule has 46 heavy (non-hydrogen) atoms. The van der Waals surface area contributed by atoms with Crippen molar-refractivity contribution < 1.29 is 41.5 Å². The number of ether oxygens (including phenoxy) is 1. The lowest BCUT2D eigenvalue weighted by molar-refractivity contribution is -0.137. The van der Waals surface area contributed by atoms with Crippen molar-refractivity contribution in [2.75, 3.05) is 18.4 Å². The zero-order valence-corrected chi connectivity index (χ0v) is 27.4. The van der Waals surface area contributed by atoms with Gasteiger partial charge in [-0.3, -0.25) is 14.4 Å². The van der Waals surface area contributed by atoms with Gasteiger partial charge in [0, 0.05) is 25.4 Å². The van der Waals surface area contributed by atoms with Crippen LogP contribution in [0.15, 0.2) is 29.9 Å². The van der Waals surface area contributed by atoms with E-state index in [-0.39, 0.29) is 56.5 Å². The van der Waals surface area contributed by atoms with Gasteiger partial charge in [-0.15, -0.1) is 0 Å². The Morgan fingerprint density at radius 2 is 1.67 bits per heavy atom. The van der Waals surface area contributed by atoms with Gasteiger partial charge in [-0.25, -0.2) is 13.6 Å². The van der Waals surface area contributed by atoms with Crippen molar-refractivity contribution in [1.82, 2.24) is 15.5 Å². The second-order valence-corrected chi connectivity index (χ2v) is 13.5. The van der Waals surface area contributed by atoms with Gasteiger partial charge in [-0.2, -0.15) is 8.78 Å². The predicted molar refractivity (Wildman–Crippen MR) is 165 cm³/mol. The standard InChI is InChI=1S/C33H46F4N4O5/c1-7-25(42)39-26(30(44)41-16-12-21(13-17-41)28(35)36)19(2)22-8-9-24(23(34)18-22)38-29(43)27(40-31(45)46-32(3,4)5)20-10-14-33(6,37)15-11-20/h8-9,18-20,26-27H,7,10-17H2,1-6H3,(H,38,43)(H,39,42)(H,40,45)/t19-,20?,26+,27-,33?/m0/s1. The fourth-order valence-corrected chi connectivity index (χ4v) is 5.79. The molecule has 1 aliphatic carbocycles. The van der Waals surface area contributed by atoms with Crippen molar-refractivity contribution in [1.29, 1.82) is 0 Å². The molecule has 0 spiro atoms. The number of anilines is 1. The minimum absolute atomic E-state index is 0.00106. The molecule has 0 radical (unpaired) electrons. The summed E-state index contributed by atoms with van der Waals surface area (Å²) in [7, 11) is 0. The molecule has 256 valence electrons. The smallest absolute Gasteiger partial charge is 0.408 e. The maximum Gasteiger partial charge on any atom is 0.408 e. The summed E-state index contributed by atoms with van der Waals surface area (Å²) < 4.78 is 61.4. The van der Waals surface area contributed by atoms with E-state index < -0.39 is 70.9 Å². The number of alkyl halides is 1. The topological polar surface area (TPSA) is 117 Å². The van der Waals surface area contributed by atoms with E-state index in [9.17, 15) is 32.3 Å². The minimum atomic E-state index is -1.74. The van der Waals surface area contributed by atoms with E-state index in [1.165, 1.54) is 24.0 Å². The second kappa shape index (κ2) is 15.3. The first kappa shape index (κ1) is 36.8. The SMILES string of the molecule is CCC(=O)N[C@@H](C(=O)N1CCC(=C(F)F)CC1)[C@@H](C)c1ccc(NC(=O)[C@@H](NC(=O)OC(C)(C)C)C2CCC(C)(F)CC2)c(F)c1. The van der Waals surface area contributed by atoms with Gasteiger partial charge in [0.05, 0.1) is 5.69 Å². The molecule has 13 heteroatoms. The molecule has 1 aliphatic heterocycles. The molecule has 9 nitrogen and oxygen atoms in total. The molecule has 4 amide bonds. The predicted octanol–water partition coefficient (Wildman–Crippen LogP) is 6.35. The maximum absolute atomic E-state index is 15.5. The van der Waals surface area contributed by atoms with Gasteiger partial charge in [-0.1, -0.05) is 19.9 Å². The Kier molecular flexibility index (Phi) is 12.2. The molecule has 3 rings (SSSR count). The summed E-state index contributed by atoms with van der Waals surface area (Å²) in [5, 5.41) is 7.81. The van der Waals surface area contributed by atoms with Crippen LogP contribution in [0.2, 0.25) is 0 Å². The quantitative estimate of drug-likeness (QED) is 0.269. The van der Waals surface area contributed by atoms with Crippen LogP contribution in [-0.4, -0.2) is 65.2 Å². The van der Waals surface area contributed by atoms with Gasteiger partial charge in [0.2, 0.25) is 17.7 Å². The number of benzene rings is 1. The molecule has 1 saturated carbocycles. The lowest BCUT2D eigenvalue weighted by atomic mass is 9.77. The monoisotopic (exact) mass is 654 g/mol. The molecule has 1 saturated heterocycles. The number of nitrogens with one attached hydrogen (secondary N) is 3. The molecule has 0 bridgehead atoms. The summed E-state index contributed by atoms with van der Waals surface area (Å²) in [6.07, 6.45) is -1.36. The van der Waals surface area contributed by atoms with Crippen LogP contribution >= 0.6 is 0 Å². The first-order chi connectivity index (χ1) is 21.4. The fourth-order valence-electron chi connectivity index (χ4n) is 5.79. The number of halogens is 4. The highest BCUT2D eigenvalue weighted by Crippen LogP contribution is 2.37. The van der Waals surface area contributed by atoms with Crippen LogP contribution in [-0.2, 0) is 19.1 Å². The lowest BCUT2D eigenvalue weighted by Gasteiger charge is -2.35. The van der Waals surface area contributed by atoms with Crippen molar-refractivity contribution in [3.8, 4) is 0 Å². The summed E-state index contributed by atoms with van der Waals surface area (Å²) in [6, 6.07) is 1.81. The number of amides is 4. The largest absolute Gasteiger partial charge is 0.444 e. The van der Waals surface area contributed by atoms with E-state index in [4.69, 9.17) is 4.74 Å². The molecule has 2 fully saturated rings. The Labute approximate surface area is 267 Å². The Hall–Kier alpha value is -3.64. The summed E-state index contributed by atoms with van der Waals surface area (Å²) in [5.74, 6) is -3.48. The summed E-state index contributed by atoms with van der Waals surface area (Å²) >= 11 is 0. The number of alkyl carbamates (subject to hydrolysis) is 1. The summed E-state index contributed by atoms with van der Waals surface area (Å²) in [5.41, 5.74) is -2.02. The van der Waals surface area contributed by atoms with Crippen LogP contribution in [0.1, 0.15) is 98.0 Å². The maximum atomic E-state index is 15.5. The van der Waals surface area contributed by atoms with E-state index in [1.807, 2.05) is 0 Å². The minimum Gasteiger partial charge on any atom is -0.444 e. The summed E-state index contributed by atoms with van der Waals surface area (Å²) in [4.78, 5) is 53.3. The van der Waals surface area contributed by atoms with E-state index in [0.717, 1.165) is 6.07 Å². The Balaban J connectivity index is 1.79. The number of hydrogen-bond donors (Lipinski definition) is 3. The molecular formula is C33H46F4N4O5. The zero-order chi connectivity index (χ0) is 34.4. The van der Waals surface area contributed by atoms with E-state index >= 15 is 4.39 Å². The van der Waals surface area contributed by atoms with Gasteiger partial charge in [0.1, 0.15) is 29.2 Å². The van der Waals surface area contributed by atoms with Crippen LogP contribution in [0.25, 0.3) is 0 Å². The molecule has 1 heterocycles. The van der Waals surface area contributed by atoms with Crippen molar-refractivity contribution >= 4 is 29.5 Å². The zero-order valence-electron chi connectivity index (χ0n) is 27.4. The van der Waals surface area contributed by atoms with Crippen molar-refractivity contribution in [2.24, 2.45) is 5.92 Å². The highest BCUT2D eigenvalue weighted by molar-refractivity contribution is 5.97. The average molecular weight is 655 g/mol. The van der Waals surface area contributed by atoms with Crippen molar-refractivity contribution in [2.45, 2.75) is 116 Å². The van der Waals surface area contributed by atoms with Crippen molar-refractivity contribution in [3.05, 3.63) is 41.2 Å². The third-order valence-electron chi connectivity index (χ3n) is 8.63. The Bertz CT molecular complexity index is 1310. The molecule has 1 aromatic carbocycles. The third-order valence-corrected chi connectivity index (χ3v) is 8.63. The number of likely N-dealkylation sites (tertiary alicyclic amines) is 1. The lowest BCUT2D eigenvalue weighted by Crippen LogP contribution is -2.52. The van der Waals surface area contributed by atoms with E-state index in [1.54, 1.807) is 34.6 Å². The highest BCUT2D eigenvalue weighted by atomic mass is 19.3. The first-order valence-electron chi connectivity index (χ1n) is 15.8. The number of nitrogens with zero attached hydrogens (tertiary/aromatic N) is 1. The van der Waals surface area contributed by atoms with Crippen molar-refractivity contribution in [3.63, 3.8) is 0 Å². The second-order valence-electron chi connectivity index (χ2n) is 13.5. The Morgan fingerprint density at radius 1 is 1.07 bits per heavy atom. The fraction of sp³-hybridized carbons (Fsp3) is 0.636. The summed E-state index contributed by atoms with van der Waals surface area (Å²) in [6.45, 7) is 9.92. The van der Waals surface area contributed by atoms with Gasteiger partial charge in [-0.05, 0) is 95.4 Å². The van der Waals surface area contributed by atoms with Crippen LogP contribution in [0.4, 0.5) is 28.0 Å². The van der Waals surface area contributed by atoms with Gasteiger partial charge in [0.25, 0.3) is 6.08 Å². The molecular weight excluding hydrogens is 608 g/mol. The number of piperidine rings is 1. The third kappa shape index (κ3) is 10.2. The molecule has 2 aliphatic rings. The van der Waals surface area contributed by atoms with Crippen LogP contribution in [0.3, 0.4) is 0 Å². The van der Waals surface area contributed by atoms with E-state index in [2.05, 4.69) is 16.0 Å². The van der Waals surface area contributed by atoms with Crippen LogP contribution in [0.5, 0.6) is 0 Å². The molecule has 0 unspecified atom stereocenters. The average Bonchev–Trinajstić information content (AvgIpc) is 2.98. The number of carbonyl (C=O) groups excluding carboxylic acids is 4. The molecule has 3 N–H and O–H groups in total. The highest BCUT2D eigenvalue weighted by Gasteiger charge is 2.39. The van der Waals surface area contributed by atoms with Gasteiger partial charge < -0.3 is 25.6 Å². The molecule has 0 aromatic heterocycles. The van der Waals surface area contributed by atoms with Gasteiger partial charge in [0.15, 0.2) is 0 Å². The first-order valence-corrected chi connectivity index (χ1v) is 15.8. The number of hydrogen-bond acceptors (Lipinski definition) is 5. The normalized spacial score (nSPS) is 22.3. The van der Waals surface area contributed by atoms with Crippen LogP contribution in [0, 0.1) is 11.7 Å². The Morgan fingerprint density at radius 3 is 2.20 bits per heavy atom. The molecule has 1 aromatic rings. The molecule has 3 atom stereocenters. The van der Waals surface area contributed by atoms with Crippen LogP contribution < -0.4 is 16.0 Å². The van der Waals surface area contributed by atoms with E-state index in [0.29, 0.717) is 18.4 Å². The van der Waals surface area contributed by atoms with Gasteiger partial charge >= 0.3 is 6.09 Å². The number of rotatable bonds is 9.